The number of imidazole rings is 1. The number of aliphatic hydroxyl groups is 1. The zero-order chi connectivity index (χ0) is 11.8. The molecule has 0 amide bonds. The Morgan fingerprint density at radius 3 is 2.82 bits per heavy atom. The highest BCUT2D eigenvalue weighted by Gasteiger charge is 2.20. The summed E-state index contributed by atoms with van der Waals surface area (Å²) in [6.07, 6.45) is 3.46. The molecule has 1 unspecified atom stereocenters. The standard InChI is InChI=1S/C14H16N2O/c1-10-2-4-11(5-3-10)14-15-8-12-6-7-13(17)9-16(12)14/h2-5,8,13,17H,6-7,9H2,1H3. The van der Waals surface area contributed by atoms with E-state index in [0.29, 0.717) is 6.54 Å². The van der Waals surface area contributed by atoms with E-state index >= 15 is 0 Å². The molecule has 2 heterocycles. The molecule has 0 bridgehead atoms. The molecule has 1 aliphatic rings. The third-order valence-electron chi connectivity index (χ3n) is 3.38. The summed E-state index contributed by atoms with van der Waals surface area (Å²) in [6.45, 7) is 2.74. The highest BCUT2D eigenvalue weighted by molar-refractivity contribution is 5.56. The molecular formula is C14H16N2O. The molecule has 0 radical (unpaired) electrons. The zero-order valence-corrected chi connectivity index (χ0v) is 9.93. The molecule has 17 heavy (non-hydrogen) atoms. The fraction of sp³-hybridized carbons (Fsp3) is 0.357. The zero-order valence-electron chi connectivity index (χ0n) is 9.93. The van der Waals surface area contributed by atoms with Crippen LogP contribution in [-0.2, 0) is 13.0 Å². The topological polar surface area (TPSA) is 38.0 Å². The number of hydrogen-bond donors (Lipinski definition) is 1. The first kappa shape index (κ1) is 10.5. The normalized spacial score (nSPS) is 19.1. The molecule has 1 aliphatic heterocycles. The van der Waals surface area contributed by atoms with Crippen LogP contribution < -0.4 is 0 Å². The molecule has 1 N–H and O–H groups in total. The predicted molar refractivity (Wildman–Crippen MR) is 66.7 cm³/mol. The van der Waals surface area contributed by atoms with Crippen LogP contribution in [0.1, 0.15) is 17.7 Å². The SMILES string of the molecule is Cc1ccc(-c2ncc3n2CC(O)CC3)cc1. The van der Waals surface area contributed by atoms with Gasteiger partial charge in [0.25, 0.3) is 0 Å². The van der Waals surface area contributed by atoms with Crippen LogP contribution in [0.25, 0.3) is 11.4 Å². The van der Waals surface area contributed by atoms with Gasteiger partial charge in [0, 0.05) is 17.5 Å². The number of fused-ring (bicyclic) bond motifs is 1. The molecule has 88 valence electrons. The van der Waals surface area contributed by atoms with Gasteiger partial charge in [-0.1, -0.05) is 29.8 Å². The second kappa shape index (κ2) is 4.00. The van der Waals surface area contributed by atoms with Gasteiger partial charge in [-0.15, -0.1) is 0 Å². The van der Waals surface area contributed by atoms with E-state index in [0.717, 1.165) is 24.2 Å². The minimum atomic E-state index is -0.235. The molecule has 0 saturated heterocycles. The number of hydrogen-bond acceptors (Lipinski definition) is 2. The summed E-state index contributed by atoms with van der Waals surface area (Å²) in [5.41, 5.74) is 3.60. The second-order valence-electron chi connectivity index (χ2n) is 4.74. The van der Waals surface area contributed by atoms with Gasteiger partial charge < -0.3 is 9.67 Å². The average molecular weight is 228 g/mol. The fourth-order valence-corrected chi connectivity index (χ4v) is 2.36. The Labute approximate surface area is 101 Å². The third-order valence-corrected chi connectivity index (χ3v) is 3.38. The Kier molecular flexibility index (Phi) is 2.48. The molecule has 0 saturated carbocycles. The number of aliphatic hydroxyl groups excluding tert-OH is 1. The summed E-state index contributed by atoms with van der Waals surface area (Å²) in [6, 6.07) is 8.37. The maximum atomic E-state index is 9.74. The van der Waals surface area contributed by atoms with Crippen molar-refractivity contribution < 1.29 is 5.11 Å². The van der Waals surface area contributed by atoms with Gasteiger partial charge in [0.05, 0.1) is 12.6 Å². The first-order chi connectivity index (χ1) is 8.24. The van der Waals surface area contributed by atoms with Gasteiger partial charge in [-0.3, -0.25) is 0 Å². The largest absolute Gasteiger partial charge is 0.391 e. The van der Waals surface area contributed by atoms with Crippen molar-refractivity contribution in [3.63, 3.8) is 0 Å². The molecule has 1 aromatic carbocycles. The third kappa shape index (κ3) is 1.87. The number of aromatic nitrogens is 2. The summed E-state index contributed by atoms with van der Waals surface area (Å²) >= 11 is 0. The lowest BCUT2D eigenvalue weighted by Crippen LogP contribution is -2.24. The lowest BCUT2D eigenvalue weighted by atomic mass is 10.1. The molecule has 3 rings (SSSR count). The van der Waals surface area contributed by atoms with Crippen molar-refractivity contribution in [2.24, 2.45) is 0 Å². The summed E-state index contributed by atoms with van der Waals surface area (Å²) in [7, 11) is 0. The van der Waals surface area contributed by atoms with Gasteiger partial charge in [0.2, 0.25) is 0 Å². The van der Waals surface area contributed by atoms with E-state index in [1.54, 1.807) is 0 Å². The fourth-order valence-electron chi connectivity index (χ4n) is 2.36. The van der Waals surface area contributed by atoms with Crippen LogP contribution in [0, 0.1) is 6.92 Å². The summed E-state index contributed by atoms with van der Waals surface area (Å²) < 4.78 is 2.14. The molecule has 0 aliphatic carbocycles. The van der Waals surface area contributed by atoms with E-state index in [1.165, 1.54) is 11.3 Å². The quantitative estimate of drug-likeness (QED) is 0.812. The Morgan fingerprint density at radius 1 is 1.29 bits per heavy atom. The molecule has 0 spiro atoms. The van der Waals surface area contributed by atoms with Crippen molar-refractivity contribution in [3.8, 4) is 11.4 Å². The Bertz CT molecular complexity index is 528. The van der Waals surface area contributed by atoms with Crippen molar-refractivity contribution >= 4 is 0 Å². The maximum Gasteiger partial charge on any atom is 0.140 e. The predicted octanol–water partition coefficient (Wildman–Crippen LogP) is 2.17. The van der Waals surface area contributed by atoms with Crippen LogP contribution in [0.15, 0.2) is 30.5 Å². The van der Waals surface area contributed by atoms with E-state index < -0.39 is 0 Å². The monoisotopic (exact) mass is 228 g/mol. The summed E-state index contributed by atoms with van der Waals surface area (Å²) in [5, 5.41) is 9.74. The van der Waals surface area contributed by atoms with Crippen molar-refractivity contribution in [2.75, 3.05) is 0 Å². The minimum Gasteiger partial charge on any atom is -0.391 e. The van der Waals surface area contributed by atoms with Crippen molar-refractivity contribution in [1.29, 1.82) is 0 Å². The minimum absolute atomic E-state index is 0.235. The Hall–Kier alpha value is -1.61. The van der Waals surface area contributed by atoms with Crippen LogP contribution in [-0.4, -0.2) is 20.8 Å². The van der Waals surface area contributed by atoms with Gasteiger partial charge in [-0.2, -0.15) is 0 Å². The first-order valence-electron chi connectivity index (χ1n) is 6.03. The van der Waals surface area contributed by atoms with E-state index in [1.807, 2.05) is 6.20 Å². The smallest absolute Gasteiger partial charge is 0.140 e. The lowest BCUT2D eigenvalue weighted by Gasteiger charge is -2.21. The first-order valence-corrected chi connectivity index (χ1v) is 6.03. The molecule has 3 nitrogen and oxygen atoms in total. The van der Waals surface area contributed by atoms with E-state index in [9.17, 15) is 5.11 Å². The van der Waals surface area contributed by atoms with Gasteiger partial charge in [-0.05, 0) is 19.8 Å². The van der Waals surface area contributed by atoms with Crippen molar-refractivity contribution in [3.05, 3.63) is 41.7 Å². The molecule has 3 heteroatoms. The van der Waals surface area contributed by atoms with Crippen molar-refractivity contribution in [2.45, 2.75) is 32.4 Å². The number of nitrogens with zero attached hydrogens (tertiary/aromatic N) is 2. The van der Waals surface area contributed by atoms with Crippen LogP contribution in [0.3, 0.4) is 0 Å². The Balaban J connectivity index is 2.04. The van der Waals surface area contributed by atoms with Gasteiger partial charge in [0.15, 0.2) is 0 Å². The second-order valence-corrected chi connectivity index (χ2v) is 4.74. The van der Waals surface area contributed by atoms with Crippen LogP contribution in [0.4, 0.5) is 0 Å². The molecule has 1 atom stereocenters. The van der Waals surface area contributed by atoms with Crippen LogP contribution in [0.5, 0.6) is 0 Å². The molecular weight excluding hydrogens is 212 g/mol. The summed E-state index contributed by atoms with van der Waals surface area (Å²) in [5.74, 6) is 0.971. The van der Waals surface area contributed by atoms with Crippen molar-refractivity contribution in [1.82, 2.24) is 9.55 Å². The number of aryl methyl sites for hydroxylation is 2. The summed E-state index contributed by atoms with van der Waals surface area (Å²) in [4.78, 5) is 4.48. The van der Waals surface area contributed by atoms with Crippen LogP contribution >= 0.6 is 0 Å². The number of benzene rings is 1. The average Bonchev–Trinajstić information content (AvgIpc) is 2.73. The van der Waals surface area contributed by atoms with E-state index in [2.05, 4.69) is 40.7 Å². The van der Waals surface area contributed by atoms with Gasteiger partial charge in [0.1, 0.15) is 5.82 Å². The lowest BCUT2D eigenvalue weighted by molar-refractivity contribution is 0.132. The van der Waals surface area contributed by atoms with Crippen LogP contribution in [0.2, 0.25) is 0 Å². The molecule has 0 fully saturated rings. The highest BCUT2D eigenvalue weighted by Crippen LogP contribution is 2.24. The van der Waals surface area contributed by atoms with Gasteiger partial charge in [-0.25, -0.2) is 4.98 Å². The number of rotatable bonds is 1. The van der Waals surface area contributed by atoms with Gasteiger partial charge >= 0.3 is 0 Å². The molecule has 1 aromatic heterocycles. The van der Waals surface area contributed by atoms with E-state index in [4.69, 9.17) is 0 Å². The van der Waals surface area contributed by atoms with E-state index in [-0.39, 0.29) is 6.10 Å². The Morgan fingerprint density at radius 2 is 2.06 bits per heavy atom. The maximum absolute atomic E-state index is 9.74. The molecule has 2 aromatic rings. The highest BCUT2D eigenvalue weighted by atomic mass is 16.3.